The lowest BCUT2D eigenvalue weighted by Crippen LogP contribution is -2.11. The zero-order valence-electron chi connectivity index (χ0n) is 9.93. The molecule has 5 heteroatoms. The Balaban J connectivity index is 2.12. The molecule has 1 heterocycles. The highest BCUT2D eigenvalue weighted by Gasteiger charge is 2.07. The Bertz CT molecular complexity index is 467. The SMILES string of the molecule is CCNCc1nc(-c2ccc(SC)cc2)no1. The van der Waals surface area contributed by atoms with Gasteiger partial charge in [-0.15, -0.1) is 11.8 Å². The number of benzene rings is 1. The number of nitrogens with one attached hydrogen (secondary N) is 1. The normalized spacial score (nSPS) is 10.7. The van der Waals surface area contributed by atoms with Crippen molar-refractivity contribution in [1.82, 2.24) is 15.5 Å². The van der Waals surface area contributed by atoms with E-state index in [1.807, 2.05) is 19.1 Å². The van der Waals surface area contributed by atoms with Crippen molar-refractivity contribution in [2.45, 2.75) is 18.4 Å². The molecular formula is C12H15N3OS. The van der Waals surface area contributed by atoms with Gasteiger partial charge in [0.1, 0.15) is 0 Å². The van der Waals surface area contributed by atoms with E-state index in [0.717, 1.165) is 12.1 Å². The van der Waals surface area contributed by atoms with Gasteiger partial charge < -0.3 is 9.84 Å². The Morgan fingerprint density at radius 2 is 2.06 bits per heavy atom. The molecule has 1 aromatic carbocycles. The van der Waals surface area contributed by atoms with Crippen molar-refractivity contribution in [2.75, 3.05) is 12.8 Å². The van der Waals surface area contributed by atoms with Crippen molar-refractivity contribution < 1.29 is 4.52 Å². The molecule has 1 N–H and O–H groups in total. The number of nitrogens with zero attached hydrogens (tertiary/aromatic N) is 2. The lowest BCUT2D eigenvalue weighted by Gasteiger charge is -1.97. The molecule has 0 saturated heterocycles. The van der Waals surface area contributed by atoms with E-state index < -0.39 is 0 Å². The van der Waals surface area contributed by atoms with Crippen LogP contribution in [0.5, 0.6) is 0 Å². The summed E-state index contributed by atoms with van der Waals surface area (Å²) in [5.41, 5.74) is 0.981. The molecule has 0 saturated carbocycles. The van der Waals surface area contributed by atoms with E-state index >= 15 is 0 Å². The fraction of sp³-hybridized carbons (Fsp3) is 0.333. The molecule has 0 aliphatic heterocycles. The van der Waals surface area contributed by atoms with Crippen LogP contribution in [0.1, 0.15) is 12.8 Å². The zero-order chi connectivity index (χ0) is 12.1. The first-order chi connectivity index (χ1) is 8.33. The highest BCUT2D eigenvalue weighted by Crippen LogP contribution is 2.20. The van der Waals surface area contributed by atoms with Crippen LogP contribution < -0.4 is 5.32 Å². The first-order valence-electron chi connectivity index (χ1n) is 5.51. The summed E-state index contributed by atoms with van der Waals surface area (Å²) >= 11 is 1.71. The van der Waals surface area contributed by atoms with Gasteiger partial charge in [-0.3, -0.25) is 0 Å². The highest BCUT2D eigenvalue weighted by molar-refractivity contribution is 7.98. The van der Waals surface area contributed by atoms with Crippen molar-refractivity contribution in [3.05, 3.63) is 30.2 Å². The summed E-state index contributed by atoms with van der Waals surface area (Å²) in [5, 5.41) is 7.11. The minimum Gasteiger partial charge on any atom is -0.338 e. The molecule has 90 valence electrons. The molecule has 0 radical (unpaired) electrons. The van der Waals surface area contributed by atoms with Crippen LogP contribution in [0.3, 0.4) is 0 Å². The predicted octanol–water partition coefficient (Wildman–Crippen LogP) is 2.57. The second kappa shape index (κ2) is 5.84. The summed E-state index contributed by atoms with van der Waals surface area (Å²) in [6.45, 7) is 3.55. The van der Waals surface area contributed by atoms with Gasteiger partial charge in [-0.2, -0.15) is 4.98 Å². The van der Waals surface area contributed by atoms with Crippen LogP contribution in [0.25, 0.3) is 11.4 Å². The summed E-state index contributed by atoms with van der Waals surface area (Å²) < 4.78 is 5.15. The highest BCUT2D eigenvalue weighted by atomic mass is 32.2. The monoisotopic (exact) mass is 249 g/mol. The maximum Gasteiger partial charge on any atom is 0.240 e. The van der Waals surface area contributed by atoms with Gasteiger partial charge in [0.25, 0.3) is 0 Å². The van der Waals surface area contributed by atoms with Crippen LogP contribution in [-0.2, 0) is 6.54 Å². The maximum absolute atomic E-state index is 5.15. The Morgan fingerprint density at radius 3 is 2.71 bits per heavy atom. The van der Waals surface area contributed by atoms with Crippen LogP contribution in [0.4, 0.5) is 0 Å². The van der Waals surface area contributed by atoms with Crippen molar-refractivity contribution in [3.8, 4) is 11.4 Å². The van der Waals surface area contributed by atoms with Gasteiger partial charge in [-0.25, -0.2) is 0 Å². The maximum atomic E-state index is 5.15. The lowest BCUT2D eigenvalue weighted by molar-refractivity contribution is 0.369. The first kappa shape index (κ1) is 12.1. The summed E-state index contributed by atoms with van der Waals surface area (Å²) in [4.78, 5) is 5.55. The smallest absolute Gasteiger partial charge is 0.240 e. The largest absolute Gasteiger partial charge is 0.338 e. The van der Waals surface area contributed by atoms with E-state index in [9.17, 15) is 0 Å². The third kappa shape index (κ3) is 3.08. The fourth-order valence-corrected chi connectivity index (χ4v) is 1.82. The molecular weight excluding hydrogens is 234 g/mol. The minimum atomic E-state index is 0.617. The summed E-state index contributed by atoms with van der Waals surface area (Å²) in [7, 11) is 0. The molecule has 0 amide bonds. The topological polar surface area (TPSA) is 51.0 Å². The molecule has 0 bridgehead atoms. The van der Waals surface area contributed by atoms with E-state index in [4.69, 9.17) is 4.52 Å². The first-order valence-corrected chi connectivity index (χ1v) is 6.73. The summed E-state index contributed by atoms with van der Waals surface area (Å²) in [6.07, 6.45) is 2.05. The lowest BCUT2D eigenvalue weighted by atomic mass is 10.2. The Labute approximate surface area is 105 Å². The molecule has 2 rings (SSSR count). The molecule has 2 aromatic rings. The molecule has 4 nitrogen and oxygen atoms in total. The number of rotatable bonds is 5. The van der Waals surface area contributed by atoms with Crippen LogP contribution >= 0.6 is 11.8 Å². The van der Waals surface area contributed by atoms with Crippen LogP contribution in [0, 0.1) is 0 Å². The van der Waals surface area contributed by atoms with Crippen LogP contribution in [0.15, 0.2) is 33.7 Å². The standard InChI is InChI=1S/C12H15N3OS/c1-3-13-8-11-14-12(15-16-11)9-4-6-10(17-2)7-5-9/h4-7,13H,3,8H2,1-2H3. The molecule has 0 aliphatic carbocycles. The third-order valence-corrected chi connectivity index (χ3v) is 3.09. The minimum absolute atomic E-state index is 0.617. The van der Waals surface area contributed by atoms with E-state index in [-0.39, 0.29) is 0 Å². The van der Waals surface area contributed by atoms with E-state index in [1.54, 1.807) is 11.8 Å². The zero-order valence-corrected chi connectivity index (χ0v) is 10.8. The van der Waals surface area contributed by atoms with E-state index in [0.29, 0.717) is 18.3 Å². The van der Waals surface area contributed by atoms with Crippen LogP contribution in [0.2, 0.25) is 0 Å². The van der Waals surface area contributed by atoms with Gasteiger partial charge in [-0.05, 0) is 37.1 Å². The van der Waals surface area contributed by atoms with Gasteiger partial charge in [0.15, 0.2) is 0 Å². The molecule has 0 fully saturated rings. The fourth-order valence-electron chi connectivity index (χ4n) is 1.42. The van der Waals surface area contributed by atoms with E-state index in [1.165, 1.54) is 4.90 Å². The van der Waals surface area contributed by atoms with Crippen molar-refractivity contribution in [2.24, 2.45) is 0 Å². The van der Waals surface area contributed by atoms with Gasteiger partial charge in [0.05, 0.1) is 6.54 Å². The Hall–Kier alpha value is -1.33. The van der Waals surface area contributed by atoms with E-state index in [2.05, 4.69) is 33.8 Å². The average Bonchev–Trinajstić information content (AvgIpc) is 2.85. The molecule has 0 unspecified atom stereocenters. The average molecular weight is 249 g/mol. The van der Waals surface area contributed by atoms with Gasteiger partial charge in [-0.1, -0.05) is 12.1 Å². The summed E-state index contributed by atoms with van der Waals surface area (Å²) in [5.74, 6) is 1.27. The molecule has 0 atom stereocenters. The molecule has 0 aliphatic rings. The number of aromatic nitrogens is 2. The second-order valence-corrected chi connectivity index (χ2v) is 4.40. The van der Waals surface area contributed by atoms with Crippen molar-refractivity contribution >= 4 is 11.8 Å². The number of hydrogen-bond donors (Lipinski definition) is 1. The van der Waals surface area contributed by atoms with Crippen molar-refractivity contribution in [3.63, 3.8) is 0 Å². The van der Waals surface area contributed by atoms with Gasteiger partial charge >= 0.3 is 0 Å². The van der Waals surface area contributed by atoms with Crippen molar-refractivity contribution in [1.29, 1.82) is 0 Å². The second-order valence-electron chi connectivity index (χ2n) is 3.52. The predicted molar refractivity (Wildman–Crippen MR) is 68.9 cm³/mol. The molecule has 0 spiro atoms. The molecule has 1 aromatic heterocycles. The quantitative estimate of drug-likeness (QED) is 0.825. The Morgan fingerprint density at radius 1 is 1.29 bits per heavy atom. The third-order valence-electron chi connectivity index (χ3n) is 2.34. The number of thioether (sulfide) groups is 1. The van der Waals surface area contributed by atoms with Gasteiger partial charge in [0.2, 0.25) is 11.7 Å². The molecule has 17 heavy (non-hydrogen) atoms. The van der Waals surface area contributed by atoms with Gasteiger partial charge in [0, 0.05) is 10.5 Å². The number of hydrogen-bond acceptors (Lipinski definition) is 5. The Kier molecular flexibility index (Phi) is 4.17. The summed E-state index contributed by atoms with van der Waals surface area (Å²) in [6, 6.07) is 8.13. The van der Waals surface area contributed by atoms with Crippen LogP contribution in [-0.4, -0.2) is 22.9 Å².